The van der Waals surface area contributed by atoms with Gasteiger partial charge in [-0.2, -0.15) is 0 Å². The lowest BCUT2D eigenvalue weighted by Crippen LogP contribution is -2.50. The van der Waals surface area contributed by atoms with Gasteiger partial charge in [0.05, 0.1) is 39.8 Å². The lowest BCUT2D eigenvalue weighted by Gasteiger charge is -2.38. The number of hydrogen-bond acceptors (Lipinski definition) is 6. The summed E-state index contributed by atoms with van der Waals surface area (Å²) in [4.78, 5) is 9.48. The largest absolute Gasteiger partial charge is 0.379 e. The van der Waals surface area contributed by atoms with Crippen molar-refractivity contribution >= 4 is 34.7 Å². The quantitative estimate of drug-likeness (QED) is 0.527. The van der Waals surface area contributed by atoms with Crippen molar-refractivity contribution in [2.45, 2.75) is 12.3 Å². The van der Waals surface area contributed by atoms with Crippen molar-refractivity contribution in [3.8, 4) is 0 Å². The summed E-state index contributed by atoms with van der Waals surface area (Å²) in [7, 11) is 0. The first-order chi connectivity index (χ1) is 17.7. The van der Waals surface area contributed by atoms with Crippen LogP contribution in [0.4, 0.5) is 0 Å². The molecule has 4 aliphatic heterocycles. The van der Waals surface area contributed by atoms with E-state index in [-0.39, 0.29) is 12.3 Å². The van der Waals surface area contributed by atoms with E-state index < -0.39 is 0 Å². The molecule has 2 aromatic carbocycles. The Morgan fingerprint density at radius 1 is 0.583 bits per heavy atom. The van der Waals surface area contributed by atoms with E-state index in [2.05, 4.69) is 90.3 Å². The van der Waals surface area contributed by atoms with Crippen molar-refractivity contribution in [2.75, 3.05) is 65.9 Å². The molecule has 0 amide bonds. The maximum atomic E-state index is 6.24. The molecule has 36 heavy (non-hydrogen) atoms. The molecule has 8 nitrogen and oxygen atoms in total. The van der Waals surface area contributed by atoms with E-state index in [0.717, 1.165) is 76.2 Å². The summed E-state index contributed by atoms with van der Waals surface area (Å²) in [5, 5.41) is 6.09. The van der Waals surface area contributed by atoms with Gasteiger partial charge in [0.15, 0.2) is 22.6 Å². The van der Waals surface area contributed by atoms with Gasteiger partial charge >= 0.3 is 0 Å². The molecule has 0 aliphatic carbocycles. The van der Waals surface area contributed by atoms with Gasteiger partial charge in [0.2, 0.25) is 0 Å². The van der Waals surface area contributed by atoms with Gasteiger partial charge in [-0.3, -0.25) is 9.80 Å². The van der Waals surface area contributed by atoms with Crippen molar-refractivity contribution in [1.29, 1.82) is 0 Å². The molecule has 0 bridgehead atoms. The second-order valence-electron chi connectivity index (χ2n) is 9.51. The molecule has 0 aromatic heterocycles. The van der Waals surface area contributed by atoms with Crippen LogP contribution in [0.15, 0.2) is 60.7 Å². The standard InChI is InChI=1S/C26H32N6O2S2/c35-25-29(19-27-11-15-33-16-12-27)23(21-7-3-1-4-8-21)31-26(36)30(20-28-13-17-34-18-14-28)24(32(25)31)22-9-5-2-6-10-22/h1-10,23-24H,11-20H2/t23-,24+. The maximum Gasteiger partial charge on any atom is 0.196 e. The number of thiocarbonyl (C=S) groups is 2. The molecule has 2 aromatic rings. The van der Waals surface area contributed by atoms with Crippen LogP contribution in [0, 0.1) is 0 Å². The Labute approximate surface area is 223 Å². The molecule has 4 fully saturated rings. The van der Waals surface area contributed by atoms with Gasteiger partial charge in [-0.15, -0.1) is 0 Å². The number of benzene rings is 2. The highest BCUT2D eigenvalue weighted by molar-refractivity contribution is 7.80. The Kier molecular flexibility index (Phi) is 7.05. The van der Waals surface area contributed by atoms with Crippen molar-refractivity contribution in [1.82, 2.24) is 29.6 Å². The van der Waals surface area contributed by atoms with Crippen molar-refractivity contribution in [2.24, 2.45) is 0 Å². The third kappa shape index (κ3) is 4.46. The Morgan fingerprint density at radius 2 is 0.944 bits per heavy atom. The molecule has 0 spiro atoms. The zero-order valence-corrected chi connectivity index (χ0v) is 21.9. The SMILES string of the molecule is S=C1N(CN2CCOCC2)[C@H](c2ccccc2)N2C(=S)N(CN3CCOCC3)[C@@H](c3ccccc3)N12. The first kappa shape index (κ1) is 24.0. The molecule has 4 aliphatic rings. The van der Waals surface area contributed by atoms with Crippen LogP contribution in [-0.2, 0) is 9.47 Å². The molecule has 6 rings (SSSR count). The van der Waals surface area contributed by atoms with Crippen LogP contribution in [0.1, 0.15) is 23.5 Å². The Morgan fingerprint density at radius 3 is 1.31 bits per heavy atom. The minimum Gasteiger partial charge on any atom is -0.379 e. The highest BCUT2D eigenvalue weighted by Gasteiger charge is 2.55. The monoisotopic (exact) mass is 524 g/mol. The van der Waals surface area contributed by atoms with Crippen molar-refractivity contribution in [3.63, 3.8) is 0 Å². The van der Waals surface area contributed by atoms with Gasteiger partial charge in [-0.1, -0.05) is 60.7 Å². The summed E-state index contributed by atoms with van der Waals surface area (Å²) < 4.78 is 11.2. The minimum absolute atomic E-state index is 0.102. The highest BCUT2D eigenvalue weighted by atomic mass is 32.1. The number of morpholine rings is 2. The summed E-state index contributed by atoms with van der Waals surface area (Å²) in [6.07, 6.45) is -0.204. The van der Waals surface area contributed by atoms with E-state index in [1.54, 1.807) is 0 Å². The average Bonchev–Trinajstić information content (AvgIpc) is 3.37. The van der Waals surface area contributed by atoms with E-state index in [1.165, 1.54) is 11.1 Å². The molecule has 0 saturated carbocycles. The number of ether oxygens (including phenoxy) is 2. The van der Waals surface area contributed by atoms with E-state index in [4.69, 9.17) is 33.9 Å². The van der Waals surface area contributed by atoms with E-state index >= 15 is 0 Å². The lowest BCUT2D eigenvalue weighted by molar-refractivity contribution is 0.00389. The van der Waals surface area contributed by atoms with Gasteiger partial charge in [0.25, 0.3) is 0 Å². The molecule has 4 heterocycles. The van der Waals surface area contributed by atoms with Crippen LogP contribution >= 0.6 is 24.4 Å². The summed E-state index contributed by atoms with van der Waals surface area (Å²) >= 11 is 12.5. The highest BCUT2D eigenvalue weighted by Crippen LogP contribution is 2.46. The Hall–Kier alpha value is -2.34. The molecular weight excluding hydrogens is 492 g/mol. The second kappa shape index (κ2) is 10.6. The number of fused-ring (bicyclic) bond motifs is 1. The number of hydrazine groups is 1. The number of rotatable bonds is 6. The van der Waals surface area contributed by atoms with Crippen LogP contribution in [0.2, 0.25) is 0 Å². The zero-order valence-electron chi connectivity index (χ0n) is 20.3. The topological polar surface area (TPSA) is 37.9 Å². The smallest absolute Gasteiger partial charge is 0.196 e. The molecule has 0 radical (unpaired) electrons. The van der Waals surface area contributed by atoms with Crippen LogP contribution in [-0.4, -0.2) is 106 Å². The predicted octanol–water partition coefficient (Wildman–Crippen LogP) is 2.68. The second-order valence-corrected chi connectivity index (χ2v) is 10.2. The first-order valence-corrected chi connectivity index (χ1v) is 13.4. The summed E-state index contributed by atoms with van der Waals surface area (Å²) in [6, 6.07) is 21.2. The molecule has 0 unspecified atom stereocenters. The molecule has 0 N–H and O–H groups in total. The lowest BCUT2D eigenvalue weighted by atomic mass is 10.1. The Bertz CT molecular complexity index is 979. The van der Waals surface area contributed by atoms with E-state index in [9.17, 15) is 0 Å². The average molecular weight is 525 g/mol. The van der Waals surface area contributed by atoms with Crippen LogP contribution in [0.25, 0.3) is 0 Å². The zero-order chi connectivity index (χ0) is 24.5. The fraction of sp³-hybridized carbons (Fsp3) is 0.462. The number of nitrogens with zero attached hydrogens (tertiary/aromatic N) is 6. The van der Waals surface area contributed by atoms with Gasteiger partial charge < -0.3 is 19.3 Å². The van der Waals surface area contributed by atoms with Crippen molar-refractivity contribution < 1.29 is 9.47 Å². The fourth-order valence-electron chi connectivity index (χ4n) is 5.45. The predicted molar refractivity (Wildman–Crippen MR) is 145 cm³/mol. The summed E-state index contributed by atoms with van der Waals surface area (Å²) in [6.45, 7) is 8.08. The molecule has 2 atom stereocenters. The summed E-state index contributed by atoms with van der Waals surface area (Å²) in [5.41, 5.74) is 2.36. The van der Waals surface area contributed by atoms with Gasteiger partial charge in [0.1, 0.15) is 0 Å². The maximum absolute atomic E-state index is 6.24. The first-order valence-electron chi connectivity index (χ1n) is 12.6. The molecule has 190 valence electrons. The van der Waals surface area contributed by atoms with Crippen molar-refractivity contribution in [3.05, 3.63) is 71.8 Å². The van der Waals surface area contributed by atoms with E-state index in [1.807, 2.05) is 0 Å². The van der Waals surface area contributed by atoms with E-state index in [0.29, 0.717) is 0 Å². The van der Waals surface area contributed by atoms with Gasteiger partial charge in [-0.05, 0) is 35.6 Å². The Balaban J connectivity index is 1.38. The molecular formula is C26H32N6O2S2. The summed E-state index contributed by atoms with van der Waals surface area (Å²) in [5.74, 6) is 0. The minimum atomic E-state index is -0.102. The van der Waals surface area contributed by atoms with Gasteiger partial charge in [-0.25, -0.2) is 10.0 Å². The van der Waals surface area contributed by atoms with Crippen LogP contribution < -0.4 is 0 Å². The third-order valence-electron chi connectivity index (χ3n) is 7.28. The van der Waals surface area contributed by atoms with Crippen LogP contribution in [0.5, 0.6) is 0 Å². The number of hydrogen-bond donors (Lipinski definition) is 0. The fourth-order valence-corrected chi connectivity index (χ4v) is 6.14. The molecule has 10 heteroatoms. The molecule has 4 saturated heterocycles. The normalized spacial score (nSPS) is 25.7. The van der Waals surface area contributed by atoms with Crippen LogP contribution in [0.3, 0.4) is 0 Å². The third-order valence-corrected chi connectivity index (χ3v) is 8.12. The van der Waals surface area contributed by atoms with Gasteiger partial charge in [0, 0.05) is 26.2 Å².